The molecule has 130 valence electrons. The number of carbonyl (C=O) groups excluding carboxylic acids is 3. The van der Waals surface area contributed by atoms with Crippen molar-refractivity contribution < 1.29 is 23.5 Å². The van der Waals surface area contributed by atoms with E-state index in [9.17, 15) is 14.4 Å². The van der Waals surface area contributed by atoms with E-state index in [1.807, 2.05) is 0 Å². The van der Waals surface area contributed by atoms with E-state index in [2.05, 4.69) is 10.6 Å². The molecular formula is C18H18N2O5. The minimum Gasteiger partial charge on any atom is -0.465 e. The molecule has 0 radical (unpaired) electrons. The number of esters is 1. The van der Waals surface area contributed by atoms with Crippen LogP contribution in [0.5, 0.6) is 0 Å². The molecule has 2 amide bonds. The second kappa shape index (κ2) is 8.49. The minimum absolute atomic E-state index is 0.181. The highest BCUT2D eigenvalue weighted by molar-refractivity contribution is 5.97. The van der Waals surface area contributed by atoms with Crippen LogP contribution < -0.4 is 10.6 Å². The summed E-state index contributed by atoms with van der Waals surface area (Å²) in [6.07, 6.45) is 3.15. The molecule has 2 N–H and O–H groups in total. The van der Waals surface area contributed by atoms with Gasteiger partial charge in [0.2, 0.25) is 5.91 Å². The molecule has 25 heavy (non-hydrogen) atoms. The van der Waals surface area contributed by atoms with E-state index in [0.29, 0.717) is 17.1 Å². The third-order valence-corrected chi connectivity index (χ3v) is 3.06. The molecule has 0 aliphatic rings. The van der Waals surface area contributed by atoms with Gasteiger partial charge in [-0.1, -0.05) is 0 Å². The van der Waals surface area contributed by atoms with Gasteiger partial charge in [-0.05, 0) is 49.4 Å². The van der Waals surface area contributed by atoms with Crippen LogP contribution in [0.2, 0.25) is 0 Å². The smallest absolute Gasteiger partial charge is 0.331 e. The van der Waals surface area contributed by atoms with Gasteiger partial charge >= 0.3 is 5.97 Å². The van der Waals surface area contributed by atoms with Gasteiger partial charge < -0.3 is 19.8 Å². The highest BCUT2D eigenvalue weighted by Crippen LogP contribution is 2.14. The van der Waals surface area contributed by atoms with Crippen molar-refractivity contribution >= 4 is 35.2 Å². The Bertz CT molecular complexity index is 763. The summed E-state index contributed by atoms with van der Waals surface area (Å²) < 4.78 is 10.1. The molecule has 2 rings (SSSR count). The van der Waals surface area contributed by atoms with Crippen LogP contribution >= 0.6 is 0 Å². The van der Waals surface area contributed by atoms with Crippen molar-refractivity contribution in [2.75, 3.05) is 10.6 Å². The highest BCUT2D eigenvalue weighted by atomic mass is 16.5. The lowest BCUT2D eigenvalue weighted by Gasteiger charge is -2.12. The Labute approximate surface area is 144 Å². The third kappa shape index (κ3) is 5.98. The monoisotopic (exact) mass is 342 g/mol. The Morgan fingerprint density at radius 2 is 1.72 bits per heavy atom. The Balaban J connectivity index is 1.85. The maximum absolute atomic E-state index is 12.0. The van der Waals surface area contributed by atoms with Crippen molar-refractivity contribution in [3.05, 3.63) is 54.5 Å². The van der Waals surface area contributed by atoms with Gasteiger partial charge in [-0.2, -0.15) is 0 Å². The fourth-order valence-corrected chi connectivity index (χ4v) is 1.89. The number of anilines is 2. The molecule has 1 aromatic heterocycles. The van der Waals surface area contributed by atoms with Gasteiger partial charge in [0.1, 0.15) is 5.76 Å². The number of furan rings is 1. The molecule has 0 saturated heterocycles. The van der Waals surface area contributed by atoms with Crippen LogP contribution in [-0.4, -0.2) is 23.9 Å². The van der Waals surface area contributed by atoms with Crippen molar-refractivity contribution in [2.45, 2.75) is 20.0 Å². The number of ether oxygens (including phenoxy) is 1. The Morgan fingerprint density at radius 3 is 2.28 bits per heavy atom. The van der Waals surface area contributed by atoms with E-state index in [1.54, 1.807) is 36.4 Å². The van der Waals surface area contributed by atoms with Crippen LogP contribution in [0.4, 0.5) is 11.4 Å². The van der Waals surface area contributed by atoms with Gasteiger partial charge in [0, 0.05) is 24.4 Å². The summed E-state index contributed by atoms with van der Waals surface area (Å²) in [6, 6.07) is 9.95. The first kappa shape index (κ1) is 18.0. The van der Waals surface area contributed by atoms with Gasteiger partial charge in [-0.25, -0.2) is 4.79 Å². The molecular weight excluding hydrogens is 324 g/mol. The lowest BCUT2D eigenvalue weighted by atomic mass is 10.2. The largest absolute Gasteiger partial charge is 0.465 e. The maximum Gasteiger partial charge on any atom is 0.331 e. The summed E-state index contributed by atoms with van der Waals surface area (Å²) in [4.78, 5) is 34.7. The molecule has 0 saturated carbocycles. The van der Waals surface area contributed by atoms with Crippen molar-refractivity contribution in [1.82, 2.24) is 0 Å². The zero-order valence-corrected chi connectivity index (χ0v) is 13.8. The molecule has 1 atom stereocenters. The number of amides is 2. The lowest BCUT2D eigenvalue weighted by molar-refractivity contribution is -0.148. The fourth-order valence-electron chi connectivity index (χ4n) is 1.89. The average Bonchev–Trinajstić information content (AvgIpc) is 3.07. The number of carbonyl (C=O) groups is 3. The molecule has 0 spiro atoms. The summed E-state index contributed by atoms with van der Waals surface area (Å²) in [5.41, 5.74) is 1.14. The third-order valence-electron chi connectivity index (χ3n) is 3.06. The molecule has 0 aliphatic heterocycles. The standard InChI is InChI=1S/C18H18N2O5/c1-12(25-17(22)10-9-16-4-3-11-24-16)18(23)20-15-7-5-14(6-8-15)19-13(2)21/h3-12H,1-2H3,(H,19,21)(H,20,23)/t12-/m1/s1. The predicted molar refractivity (Wildman–Crippen MR) is 92.7 cm³/mol. The van der Waals surface area contributed by atoms with Crippen LogP contribution in [0, 0.1) is 0 Å². The van der Waals surface area contributed by atoms with Crippen LogP contribution in [0.25, 0.3) is 6.08 Å². The number of nitrogens with one attached hydrogen (secondary N) is 2. The topological polar surface area (TPSA) is 97.6 Å². The predicted octanol–water partition coefficient (Wildman–Crippen LogP) is 2.82. The number of benzene rings is 1. The fraction of sp³-hybridized carbons (Fsp3) is 0.167. The Morgan fingerprint density at radius 1 is 1.08 bits per heavy atom. The van der Waals surface area contributed by atoms with Crippen LogP contribution in [0.1, 0.15) is 19.6 Å². The van der Waals surface area contributed by atoms with E-state index >= 15 is 0 Å². The minimum atomic E-state index is -0.969. The van der Waals surface area contributed by atoms with Crippen LogP contribution in [-0.2, 0) is 19.1 Å². The SMILES string of the molecule is CC(=O)Nc1ccc(NC(=O)[C@@H](C)OC(=O)C=Cc2ccco2)cc1. The first-order valence-electron chi connectivity index (χ1n) is 7.55. The molecule has 0 fully saturated rings. The van der Waals surface area contributed by atoms with Gasteiger partial charge in [-0.3, -0.25) is 9.59 Å². The first-order chi connectivity index (χ1) is 11.9. The van der Waals surface area contributed by atoms with Crippen LogP contribution in [0.3, 0.4) is 0 Å². The molecule has 0 aliphatic carbocycles. The second-order valence-corrected chi connectivity index (χ2v) is 5.18. The van der Waals surface area contributed by atoms with Gasteiger partial charge in [0.15, 0.2) is 6.10 Å². The lowest BCUT2D eigenvalue weighted by Crippen LogP contribution is -2.29. The highest BCUT2D eigenvalue weighted by Gasteiger charge is 2.16. The number of hydrogen-bond acceptors (Lipinski definition) is 5. The van der Waals surface area contributed by atoms with Crippen LogP contribution in [0.15, 0.2) is 53.2 Å². The van der Waals surface area contributed by atoms with Crippen molar-refractivity contribution in [2.24, 2.45) is 0 Å². The molecule has 2 aromatic rings. The van der Waals surface area contributed by atoms with Gasteiger partial charge in [-0.15, -0.1) is 0 Å². The zero-order chi connectivity index (χ0) is 18.2. The van der Waals surface area contributed by atoms with E-state index < -0.39 is 18.0 Å². The molecule has 0 bridgehead atoms. The average molecular weight is 342 g/mol. The molecule has 0 unspecified atom stereocenters. The maximum atomic E-state index is 12.0. The van der Waals surface area contributed by atoms with Gasteiger partial charge in [0.25, 0.3) is 5.91 Å². The Kier molecular flexibility index (Phi) is 6.11. The van der Waals surface area contributed by atoms with E-state index in [0.717, 1.165) is 0 Å². The van der Waals surface area contributed by atoms with E-state index in [4.69, 9.17) is 9.15 Å². The van der Waals surface area contributed by atoms with Gasteiger partial charge in [0.05, 0.1) is 6.26 Å². The summed E-state index contributed by atoms with van der Waals surface area (Å²) in [5, 5.41) is 5.25. The molecule has 1 heterocycles. The summed E-state index contributed by atoms with van der Waals surface area (Å²) in [6.45, 7) is 2.88. The van der Waals surface area contributed by atoms with Crippen molar-refractivity contribution in [3.8, 4) is 0 Å². The van der Waals surface area contributed by atoms with E-state index in [-0.39, 0.29) is 5.91 Å². The van der Waals surface area contributed by atoms with E-state index in [1.165, 1.54) is 32.3 Å². The first-order valence-corrected chi connectivity index (χ1v) is 7.55. The normalized spacial score (nSPS) is 11.8. The Hall–Kier alpha value is -3.35. The molecule has 7 heteroatoms. The number of hydrogen-bond donors (Lipinski definition) is 2. The quantitative estimate of drug-likeness (QED) is 0.621. The summed E-state index contributed by atoms with van der Waals surface area (Å²) >= 11 is 0. The second-order valence-electron chi connectivity index (χ2n) is 5.18. The van der Waals surface area contributed by atoms with Crippen molar-refractivity contribution in [1.29, 1.82) is 0 Å². The van der Waals surface area contributed by atoms with Crippen molar-refractivity contribution in [3.63, 3.8) is 0 Å². The molecule has 1 aromatic carbocycles. The zero-order valence-electron chi connectivity index (χ0n) is 13.8. The summed E-state index contributed by atoms with van der Waals surface area (Å²) in [5.74, 6) is -0.791. The number of rotatable bonds is 6. The molecule has 7 nitrogen and oxygen atoms in total. The summed E-state index contributed by atoms with van der Waals surface area (Å²) in [7, 11) is 0.